The number of anilines is 1. The molecule has 7 heteroatoms. The number of hydrogen-bond donors (Lipinski definition) is 1. The fraction of sp³-hybridized carbons (Fsp3) is 0.348. The summed E-state index contributed by atoms with van der Waals surface area (Å²) in [6, 6.07) is 11.4. The number of carbonyl (C=O) groups excluding carboxylic acids is 3. The molecule has 0 saturated heterocycles. The second-order valence-electron chi connectivity index (χ2n) is 7.73. The molecule has 6 nitrogen and oxygen atoms in total. The van der Waals surface area contributed by atoms with Gasteiger partial charge in [-0.2, -0.15) is 0 Å². The van der Waals surface area contributed by atoms with Crippen molar-refractivity contribution in [2.24, 2.45) is 0 Å². The standard InChI is InChI=1S/C23H23BrN2O4/c1-14(27)15-5-4-8-18(11-15)26-21(28)13-30-20-10-9-16(24)12-19(20)22(26)23(29)25-17-6-2-3-7-17/h4-5,8-12,17,22H,2-3,6-7,13H2,1H3,(H,25,29). The van der Waals surface area contributed by atoms with Crippen molar-refractivity contribution in [3.8, 4) is 5.75 Å². The Morgan fingerprint density at radius 1 is 1.13 bits per heavy atom. The van der Waals surface area contributed by atoms with Crippen LogP contribution in [0.2, 0.25) is 0 Å². The summed E-state index contributed by atoms with van der Waals surface area (Å²) in [5.74, 6) is -0.184. The van der Waals surface area contributed by atoms with E-state index in [-0.39, 0.29) is 30.2 Å². The van der Waals surface area contributed by atoms with E-state index >= 15 is 0 Å². The second kappa shape index (κ2) is 8.60. The van der Waals surface area contributed by atoms with E-state index in [4.69, 9.17) is 4.74 Å². The van der Waals surface area contributed by atoms with Crippen LogP contribution in [0.25, 0.3) is 0 Å². The third-order valence-electron chi connectivity index (χ3n) is 5.63. The number of Topliss-reactive ketones (excluding diaryl/α,β-unsaturated/α-hetero) is 1. The summed E-state index contributed by atoms with van der Waals surface area (Å²) in [4.78, 5) is 40.0. The molecule has 1 atom stereocenters. The largest absolute Gasteiger partial charge is 0.483 e. The normalized spacial score (nSPS) is 19.1. The summed E-state index contributed by atoms with van der Waals surface area (Å²) < 4.78 is 6.52. The molecule has 1 fully saturated rings. The lowest BCUT2D eigenvalue weighted by Crippen LogP contribution is -2.46. The number of nitrogens with one attached hydrogen (secondary N) is 1. The lowest BCUT2D eigenvalue weighted by atomic mass is 10.0. The van der Waals surface area contributed by atoms with Crippen LogP contribution in [0.4, 0.5) is 5.69 Å². The molecule has 2 amide bonds. The van der Waals surface area contributed by atoms with Gasteiger partial charge in [-0.25, -0.2) is 0 Å². The first-order valence-electron chi connectivity index (χ1n) is 10.1. The van der Waals surface area contributed by atoms with E-state index in [1.807, 2.05) is 12.1 Å². The molecule has 4 rings (SSSR count). The SMILES string of the molecule is CC(=O)c1cccc(N2C(=O)COc3ccc(Br)cc3C2C(=O)NC2CCCC2)c1. The number of carbonyl (C=O) groups is 3. The van der Waals surface area contributed by atoms with E-state index in [1.54, 1.807) is 30.3 Å². The van der Waals surface area contributed by atoms with Gasteiger partial charge in [-0.05, 0) is 50.1 Å². The lowest BCUT2D eigenvalue weighted by Gasteiger charge is -2.30. The molecule has 1 aliphatic heterocycles. The number of nitrogens with zero attached hydrogens (tertiary/aromatic N) is 1. The van der Waals surface area contributed by atoms with Gasteiger partial charge in [0.1, 0.15) is 11.8 Å². The van der Waals surface area contributed by atoms with E-state index in [0.29, 0.717) is 22.6 Å². The highest BCUT2D eigenvalue weighted by atomic mass is 79.9. The van der Waals surface area contributed by atoms with Crippen LogP contribution in [0.3, 0.4) is 0 Å². The molecule has 1 saturated carbocycles. The number of ether oxygens (including phenoxy) is 1. The van der Waals surface area contributed by atoms with Gasteiger partial charge in [0.25, 0.3) is 5.91 Å². The van der Waals surface area contributed by atoms with Gasteiger partial charge < -0.3 is 10.1 Å². The molecular weight excluding hydrogens is 448 g/mol. The topological polar surface area (TPSA) is 75.7 Å². The summed E-state index contributed by atoms with van der Waals surface area (Å²) >= 11 is 3.47. The van der Waals surface area contributed by atoms with E-state index in [0.717, 1.165) is 30.2 Å². The van der Waals surface area contributed by atoms with Crippen LogP contribution in [0, 0.1) is 0 Å². The molecule has 0 bridgehead atoms. The summed E-state index contributed by atoms with van der Waals surface area (Å²) in [6.45, 7) is 1.29. The number of rotatable bonds is 4. The summed E-state index contributed by atoms with van der Waals surface area (Å²) in [7, 11) is 0. The zero-order valence-electron chi connectivity index (χ0n) is 16.7. The van der Waals surface area contributed by atoms with Gasteiger partial charge in [-0.15, -0.1) is 0 Å². The molecule has 0 radical (unpaired) electrons. The molecule has 0 aromatic heterocycles. The lowest BCUT2D eigenvalue weighted by molar-refractivity contribution is -0.127. The van der Waals surface area contributed by atoms with Gasteiger partial charge >= 0.3 is 0 Å². The highest BCUT2D eigenvalue weighted by Crippen LogP contribution is 2.38. The molecule has 30 heavy (non-hydrogen) atoms. The minimum Gasteiger partial charge on any atom is -0.483 e. The summed E-state index contributed by atoms with van der Waals surface area (Å²) in [6.07, 6.45) is 4.05. The molecule has 2 aromatic carbocycles. The van der Waals surface area contributed by atoms with Crippen LogP contribution in [0.5, 0.6) is 5.75 Å². The molecular formula is C23H23BrN2O4. The van der Waals surface area contributed by atoms with E-state index in [9.17, 15) is 14.4 Å². The first-order chi connectivity index (χ1) is 14.4. The highest BCUT2D eigenvalue weighted by Gasteiger charge is 2.38. The van der Waals surface area contributed by atoms with Crippen molar-refractivity contribution < 1.29 is 19.1 Å². The monoisotopic (exact) mass is 470 g/mol. The van der Waals surface area contributed by atoms with Crippen molar-refractivity contribution in [3.63, 3.8) is 0 Å². The van der Waals surface area contributed by atoms with E-state index < -0.39 is 6.04 Å². The molecule has 1 aliphatic carbocycles. The van der Waals surface area contributed by atoms with Crippen LogP contribution in [0.15, 0.2) is 46.9 Å². The first kappa shape index (κ1) is 20.6. The number of hydrogen-bond acceptors (Lipinski definition) is 4. The second-order valence-corrected chi connectivity index (χ2v) is 8.65. The fourth-order valence-electron chi connectivity index (χ4n) is 4.13. The smallest absolute Gasteiger partial charge is 0.265 e. The van der Waals surface area contributed by atoms with Crippen LogP contribution >= 0.6 is 15.9 Å². The Balaban J connectivity index is 1.82. The highest BCUT2D eigenvalue weighted by molar-refractivity contribution is 9.10. The van der Waals surface area contributed by atoms with Crippen LogP contribution in [0.1, 0.15) is 54.6 Å². The van der Waals surface area contributed by atoms with Crippen LogP contribution < -0.4 is 15.0 Å². The molecule has 1 unspecified atom stereocenters. The molecule has 2 aromatic rings. The fourth-order valence-corrected chi connectivity index (χ4v) is 4.51. The van der Waals surface area contributed by atoms with E-state index in [1.165, 1.54) is 11.8 Å². The molecule has 2 aliphatic rings. The van der Waals surface area contributed by atoms with Gasteiger partial charge in [0.15, 0.2) is 12.4 Å². The van der Waals surface area contributed by atoms with Crippen molar-refractivity contribution in [2.45, 2.75) is 44.7 Å². The first-order valence-corrected chi connectivity index (χ1v) is 10.9. The zero-order chi connectivity index (χ0) is 21.3. The Morgan fingerprint density at radius 2 is 1.90 bits per heavy atom. The maximum Gasteiger partial charge on any atom is 0.265 e. The minimum absolute atomic E-state index is 0.106. The Hall–Kier alpha value is -2.67. The maximum atomic E-state index is 13.5. The average molecular weight is 471 g/mol. The summed E-state index contributed by atoms with van der Waals surface area (Å²) in [5, 5.41) is 3.12. The molecule has 1 heterocycles. The number of ketones is 1. The predicted octanol–water partition coefficient (Wildman–Crippen LogP) is 4.18. The number of benzene rings is 2. The van der Waals surface area contributed by atoms with Gasteiger partial charge in [0, 0.05) is 27.3 Å². The zero-order valence-corrected chi connectivity index (χ0v) is 18.3. The molecule has 0 spiro atoms. The average Bonchev–Trinajstić information content (AvgIpc) is 3.18. The number of fused-ring (bicyclic) bond motifs is 1. The third-order valence-corrected chi connectivity index (χ3v) is 6.12. The Morgan fingerprint density at radius 3 is 2.63 bits per heavy atom. The predicted molar refractivity (Wildman–Crippen MR) is 117 cm³/mol. The minimum atomic E-state index is -0.893. The quantitative estimate of drug-likeness (QED) is 0.680. The Labute approximate surface area is 183 Å². The summed E-state index contributed by atoms with van der Waals surface area (Å²) in [5.41, 5.74) is 1.59. The van der Waals surface area contributed by atoms with Gasteiger partial charge in [-0.1, -0.05) is 40.9 Å². The number of halogens is 1. The van der Waals surface area contributed by atoms with Crippen LogP contribution in [-0.2, 0) is 9.59 Å². The van der Waals surface area contributed by atoms with Gasteiger partial charge in [-0.3, -0.25) is 19.3 Å². The molecule has 1 N–H and O–H groups in total. The van der Waals surface area contributed by atoms with Crippen molar-refractivity contribution in [1.82, 2.24) is 5.32 Å². The molecule has 156 valence electrons. The van der Waals surface area contributed by atoms with Gasteiger partial charge in [0.05, 0.1) is 0 Å². The Kier molecular flexibility index (Phi) is 5.90. The van der Waals surface area contributed by atoms with Crippen molar-refractivity contribution in [1.29, 1.82) is 0 Å². The third kappa shape index (κ3) is 4.12. The number of amides is 2. The van der Waals surface area contributed by atoms with Crippen molar-refractivity contribution in [2.75, 3.05) is 11.5 Å². The van der Waals surface area contributed by atoms with Crippen molar-refractivity contribution >= 4 is 39.2 Å². The van der Waals surface area contributed by atoms with Crippen molar-refractivity contribution in [3.05, 3.63) is 58.1 Å². The Bertz CT molecular complexity index is 1000. The van der Waals surface area contributed by atoms with Crippen LogP contribution in [-0.4, -0.2) is 30.2 Å². The van der Waals surface area contributed by atoms with Gasteiger partial charge in [0.2, 0.25) is 5.91 Å². The van der Waals surface area contributed by atoms with E-state index in [2.05, 4.69) is 21.2 Å². The maximum absolute atomic E-state index is 13.5.